The number of nitrogens with zero attached hydrogens (tertiary/aromatic N) is 1. The zero-order chi connectivity index (χ0) is 21.7. The number of aliphatic hydroxyl groups excluding tert-OH is 3. The molecule has 0 saturated heterocycles. The normalized spacial score (nSPS) is 13.4. The van der Waals surface area contributed by atoms with Crippen LogP contribution in [0, 0.1) is 0 Å². The Labute approximate surface area is 179 Å². The summed E-state index contributed by atoms with van der Waals surface area (Å²) in [7, 11) is 0. The Balaban J connectivity index is 4.09. The van der Waals surface area contributed by atoms with Crippen LogP contribution in [0.15, 0.2) is 0 Å². The maximum Gasteiger partial charge on any atom is 0.251 e. The van der Waals surface area contributed by atoms with Crippen molar-refractivity contribution < 1.29 is 20.1 Å². The van der Waals surface area contributed by atoms with E-state index in [0.29, 0.717) is 13.0 Å². The molecule has 0 aromatic carbocycles. The van der Waals surface area contributed by atoms with Gasteiger partial charge in [-0.15, -0.1) is 0 Å². The molecule has 0 spiro atoms. The molecule has 0 rings (SSSR count). The molecule has 0 saturated carbocycles. The van der Waals surface area contributed by atoms with E-state index in [1.807, 2.05) is 0 Å². The lowest BCUT2D eigenvalue weighted by Crippen LogP contribution is -2.44. The summed E-state index contributed by atoms with van der Waals surface area (Å²) in [5, 5.41) is 29.1. The van der Waals surface area contributed by atoms with Crippen LogP contribution in [0.4, 0.5) is 0 Å². The van der Waals surface area contributed by atoms with Gasteiger partial charge in [-0.1, -0.05) is 104 Å². The fraction of sp³-hybridized carbons (Fsp3) is 0.958. The molecule has 0 aliphatic rings. The van der Waals surface area contributed by atoms with E-state index in [2.05, 4.69) is 13.8 Å². The minimum Gasteiger partial charge on any atom is -0.394 e. The molecule has 2 atom stereocenters. The SMILES string of the molecule is CCCCCCCCCCCCN(CC(O)CO)C(=O)C(O)CCCCCCC. The first kappa shape index (κ1) is 28.4. The summed E-state index contributed by atoms with van der Waals surface area (Å²) >= 11 is 0. The molecular weight excluding hydrogens is 366 g/mol. The van der Waals surface area contributed by atoms with Crippen molar-refractivity contribution in [3.8, 4) is 0 Å². The van der Waals surface area contributed by atoms with Crippen LogP contribution in [-0.4, -0.2) is 58.0 Å². The number of carbonyl (C=O) groups excluding carboxylic acids is 1. The highest BCUT2D eigenvalue weighted by molar-refractivity contribution is 5.80. The molecule has 174 valence electrons. The summed E-state index contributed by atoms with van der Waals surface area (Å²) in [6.45, 7) is 4.67. The fourth-order valence-electron chi connectivity index (χ4n) is 3.67. The minimum absolute atomic E-state index is 0.0969. The lowest BCUT2D eigenvalue weighted by molar-refractivity contribution is -0.142. The second-order valence-corrected chi connectivity index (χ2v) is 8.52. The summed E-state index contributed by atoms with van der Waals surface area (Å²) < 4.78 is 0. The first-order valence-electron chi connectivity index (χ1n) is 12.3. The van der Waals surface area contributed by atoms with E-state index in [4.69, 9.17) is 5.11 Å². The Morgan fingerprint density at radius 1 is 0.724 bits per heavy atom. The molecule has 0 fully saturated rings. The standard InChI is InChI=1S/C24H49NO4/c1-3-5-7-9-10-11-12-13-15-17-19-25(20-22(27)21-26)24(29)23(28)18-16-14-8-6-4-2/h22-23,26-28H,3-21H2,1-2H3. The van der Waals surface area contributed by atoms with Gasteiger partial charge in [0.05, 0.1) is 12.7 Å². The van der Waals surface area contributed by atoms with Crippen LogP contribution in [0.5, 0.6) is 0 Å². The molecule has 2 unspecified atom stereocenters. The van der Waals surface area contributed by atoms with Gasteiger partial charge in [0, 0.05) is 13.1 Å². The molecule has 0 aliphatic heterocycles. The average Bonchev–Trinajstić information content (AvgIpc) is 2.73. The van der Waals surface area contributed by atoms with Gasteiger partial charge in [0.25, 0.3) is 5.91 Å². The monoisotopic (exact) mass is 415 g/mol. The molecule has 0 aliphatic carbocycles. The number of hydrogen-bond acceptors (Lipinski definition) is 4. The number of rotatable bonds is 21. The van der Waals surface area contributed by atoms with Gasteiger partial charge in [-0.25, -0.2) is 0 Å². The van der Waals surface area contributed by atoms with Crippen LogP contribution >= 0.6 is 0 Å². The van der Waals surface area contributed by atoms with Crippen molar-refractivity contribution in [1.29, 1.82) is 0 Å². The predicted octanol–water partition coefficient (Wildman–Crippen LogP) is 4.81. The van der Waals surface area contributed by atoms with Gasteiger partial charge < -0.3 is 20.2 Å². The zero-order valence-corrected chi connectivity index (χ0v) is 19.3. The van der Waals surface area contributed by atoms with Gasteiger partial charge in [0.15, 0.2) is 0 Å². The maximum atomic E-state index is 12.6. The Morgan fingerprint density at radius 2 is 1.17 bits per heavy atom. The van der Waals surface area contributed by atoms with Crippen molar-refractivity contribution in [2.24, 2.45) is 0 Å². The number of aliphatic hydroxyl groups is 3. The van der Waals surface area contributed by atoms with Crippen LogP contribution in [-0.2, 0) is 4.79 Å². The van der Waals surface area contributed by atoms with E-state index >= 15 is 0 Å². The second kappa shape index (κ2) is 20.6. The first-order chi connectivity index (χ1) is 14.1. The molecular formula is C24H49NO4. The van der Waals surface area contributed by atoms with Crippen LogP contribution in [0.25, 0.3) is 0 Å². The van der Waals surface area contributed by atoms with Crippen LogP contribution in [0.3, 0.4) is 0 Å². The average molecular weight is 416 g/mol. The highest BCUT2D eigenvalue weighted by Crippen LogP contribution is 2.13. The van der Waals surface area contributed by atoms with Crippen LogP contribution in [0.2, 0.25) is 0 Å². The Hall–Kier alpha value is -0.650. The topological polar surface area (TPSA) is 81.0 Å². The predicted molar refractivity (Wildman–Crippen MR) is 121 cm³/mol. The van der Waals surface area contributed by atoms with Gasteiger partial charge in [-0.05, 0) is 12.8 Å². The largest absolute Gasteiger partial charge is 0.394 e. The Kier molecular flexibility index (Phi) is 20.2. The third kappa shape index (κ3) is 16.8. The van der Waals surface area contributed by atoms with E-state index < -0.39 is 12.2 Å². The van der Waals surface area contributed by atoms with Gasteiger partial charge in [0.2, 0.25) is 0 Å². The number of amides is 1. The molecule has 0 bridgehead atoms. The van der Waals surface area contributed by atoms with Gasteiger partial charge >= 0.3 is 0 Å². The molecule has 1 amide bonds. The number of hydrogen-bond donors (Lipinski definition) is 3. The van der Waals surface area contributed by atoms with Crippen molar-refractivity contribution in [2.45, 2.75) is 129 Å². The van der Waals surface area contributed by atoms with E-state index in [0.717, 1.165) is 32.1 Å². The molecule has 5 heteroatoms. The quantitative estimate of drug-likeness (QED) is 0.235. The summed E-state index contributed by atoms with van der Waals surface area (Å²) in [6.07, 6.45) is 16.2. The molecule has 3 N–H and O–H groups in total. The van der Waals surface area contributed by atoms with Crippen molar-refractivity contribution in [3.63, 3.8) is 0 Å². The Bertz CT molecular complexity index is 365. The highest BCUT2D eigenvalue weighted by Gasteiger charge is 2.23. The summed E-state index contributed by atoms with van der Waals surface area (Å²) in [5.41, 5.74) is 0. The first-order valence-corrected chi connectivity index (χ1v) is 12.3. The van der Waals surface area contributed by atoms with Gasteiger partial charge in [0.1, 0.15) is 6.10 Å². The van der Waals surface area contributed by atoms with Crippen LogP contribution in [0.1, 0.15) is 117 Å². The minimum atomic E-state index is -0.995. The number of unbranched alkanes of at least 4 members (excludes halogenated alkanes) is 13. The lowest BCUT2D eigenvalue weighted by atomic mass is 10.1. The fourth-order valence-corrected chi connectivity index (χ4v) is 3.67. The molecule has 0 heterocycles. The maximum absolute atomic E-state index is 12.6. The van der Waals surface area contributed by atoms with Crippen LogP contribution < -0.4 is 0 Å². The Morgan fingerprint density at radius 3 is 1.66 bits per heavy atom. The summed E-state index contributed by atoms with van der Waals surface area (Å²) in [6, 6.07) is 0. The van der Waals surface area contributed by atoms with Crippen molar-refractivity contribution in [3.05, 3.63) is 0 Å². The smallest absolute Gasteiger partial charge is 0.251 e. The van der Waals surface area contributed by atoms with Crippen molar-refractivity contribution >= 4 is 5.91 Å². The van der Waals surface area contributed by atoms with Gasteiger partial charge in [-0.3, -0.25) is 4.79 Å². The van der Waals surface area contributed by atoms with E-state index in [1.54, 1.807) is 4.90 Å². The highest BCUT2D eigenvalue weighted by atomic mass is 16.3. The third-order valence-corrected chi connectivity index (χ3v) is 5.60. The molecule has 0 aromatic heterocycles. The number of carbonyl (C=O) groups is 1. The van der Waals surface area contributed by atoms with E-state index in [-0.39, 0.29) is 19.1 Å². The lowest BCUT2D eigenvalue weighted by Gasteiger charge is -2.27. The molecule has 0 aromatic rings. The summed E-state index contributed by atoms with van der Waals surface area (Å²) in [5.74, 6) is -0.302. The van der Waals surface area contributed by atoms with E-state index in [1.165, 1.54) is 64.2 Å². The third-order valence-electron chi connectivity index (χ3n) is 5.60. The molecule has 5 nitrogen and oxygen atoms in total. The summed E-state index contributed by atoms with van der Waals surface area (Å²) in [4.78, 5) is 14.1. The van der Waals surface area contributed by atoms with E-state index in [9.17, 15) is 15.0 Å². The van der Waals surface area contributed by atoms with Crippen molar-refractivity contribution in [2.75, 3.05) is 19.7 Å². The molecule has 0 radical (unpaired) electrons. The van der Waals surface area contributed by atoms with Gasteiger partial charge in [-0.2, -0.15) is 0 Å². The second-order valence-electron chi connectivity index (χ2n) is 8.52. The zero-order valence-electron chi connectivity index (χ0n) is 19.3. The van der Waals surface area contributed by atoms with Crippen molar-refractivity contribution in [1.82, 2.24) is 4.90 Å². The molecule has 29 heavy (non-hydrogen) atoms.